The van der Waals surface area contributed by atoms with E-state index in [0.717, 1.165) is 5.29 Å². The van der Waals surface area contributed by atoms with Gasteiger partial charge in [0.15, 0.2) is 11.1 Å². The third-order valence-corrected chi connectivity index (χ3v) is 0.962. The molecule has 0 aromatic rings. The minimum atomic E-state index is 0.139. The first kappa shape index (κ1) is 5.84. The summed E-state index contributed by atoms with van der Waals surface area (Å²) in [5, 5.41) is 0.787. The molecule has 0 N–H and O–H groups in total. The van der Waals surface area contributed by atoms with Crippen LogP contribution in [0, 0.1) is 0 Å². The quantitative estimate of drug-likeness (QED) is 0.445. The predicted molar refractivity (Wildman–Crippen MR) is 31.1 cm³/mol. The second-order valence-electron chi connectivity index (χ2n) is 1.24. The second-order valence-corrected chi connectivity index (χ2v) is 2.11. The number of carbonyl (C=O) groups is 1. The van der Waals surface area contributed by atoms with E-state index in [9.17, 15) is 4.79 Å². The van der Waals surface area contributed by atoms with E-state index >= 15 is 0 Å². The van der Waals surface area contributed by atoms with Gasteiger partial charge in [0.2, 0.25) is 0 Å². The number of ketones is 1. The van der Waals surface area contributed by atoms with Crippen molar-refractivity contribution in [1.29, 1.82) is 0 Å². The Morgan fingerprint density at radius 2 is 1.67 bits per heavy atom. The Kier molecular flexibility index (Phi) is 2.04. The van der Waals surface area contributed by atoms with E-state index in [1.807, 2.05) is 0 Å². The molecule has 0 saturated heterocycles. The van der Waals surface area contributed by atoms with Crippen LogP contribution < -0.4 is 0 Å². The van der Waals surface area contributed by atoms with E-state index in [-0.39, 0.29) is 5.78 Å². The molecule has 0 aliphatic rings. The molecule has 0 amide bonds. The zero-order valence-corrected chi connectivity index (χ0v) is 5.14. The standard InChI is InChI=1S/C4H7OP/c1-3(5)4(2)6/h6H,1-2H3/p+1. The van der Waals surface area contributed by atoms with Gasteiger partial charge in [0.1, 0.15) is 0 Å². The molecule has 0 radical (unpaired) electrons. The predicted octanol–water partition coefficient (Wildman–Crippen LogP) is 0.643. The first-order valence-corrected chi connectivity index (χ1v) is 2.32. The Morgan fingerprint density at radius 1 is 1.50 bits per heavy atom. The van der Waals surface area contributed by atoms with Crippen molar-refractivity contribution in [3.63, 3.8) is 0 Å². The fourth-order valence-electron chi connectivity index (χ4n) is 0. The van der Waals surface area contributed by atoms with Gasteiger partial charge in [-0.15, -0.1) is 0 Å². The van der Waals surface area contributed by atoms with Gasteiger partial charge in [-0.2, -0.15) is 0 Å². The van der Waals surface area contributed by atoms with Crippen LogP contribution in [0.2, 0.25) is 0 Å². The van der Waals surface area contributed by atoms with Crippen LogP contribution in [0.15, 0.2) is 0 Å². The van der Waals surface area contributed by atoms with Gasteiger partial charge in [0, 0.05) is 13.8 Å². The Hall–Kier alpha value is -0.160. The molecule has 34 valence electrons. The van der Waals surface area contributed by atoms with Gasteiger partial charge in [0.05, 0.1) is 8.86 Å². The van der Waals surface area contributed by atoms with Crippen molar-refractivity contribution in [2.45, 2.75) is 13.8 Å². The van der Waals surface area contributed by atoms with Crippen LogP contribution in [0.4, 0.5) is 0 Å². The van der Waals surface area contributed by atoms with Crippen molar-refractivity contribution < 1.29 is 4.79 Å². The molecule has 1 nitrogen and oxygen atoms in total. The van der Waals surface area contributed by atoms with Crippen LogP contribution in [0.1, 0.15) is 13.8 Å². The van der Waals surface area contributed by atoms with Gasteiger partial charge < -0.3 is 0 Å². The highest BCUT2D eigenvalue weighted by Gasteiger charge is 1.94. The summed E-state index contributed by atoms with van der Waals surface area (Å²) in [5.74, 6) is 0.139. The van der Waals surface area contributed by atoms with Gasteiger partial charge in [-0.05, 0) is 0 Å². The zero-order valence-electron chi connectivity index (χ0n) is 3.99. The fraction of sp³-hybridized carbons (Fsp3) is 0.500. The lowest BCUT2D eigenvalue weighted by molar-refractivity contribution is -0.110. The van der Waals surface area contributed by atoms with Crippen molar-refractivity contribution in [1.82, 2.24) is 0 Å². The summed E-state index contributed by atoms with van der Waals surface area (Å²) in [7, 11) is 2.34. The van der Waals surface area contributed by atoms with Crippen LogP contribution in [-0.4, -0.2) is 11.1 Å². The molecule has 0 aromatic carbocycles. The van der Waals surface area contributed by atoms with Crippen molar-refractivity contribution in [3.05, 3.63) is 0 Å². The molecule has 2 heteroatoms. The van der Waals surface area contributed by atoms with Crippen molar-refractivity contribution in [2.24, 2.45) is 0 Å². The Bertz CT molecular complexity index is 73.5. The average Bonchev–Trinajstić information content (AvgIpc) is 1.36. The summed E-state index contributed by atoms with van der Waals surface area (Å²) in [6.45, 7) is 3.31. The van der Waals surface area contributed by atoms with Crippen LogP contribution in [0.25, 0.3) is 0 Å². The molecular weight excluding hydrogens is 95.0 g/mol. The zero-order chi connectivity index (χ0) is 5.15. The maximum atomic E-state index is 10.1. The van der Waals surface area contributed by atoms with E-state index in [4.69, 9.17) is 0 Å². The maximum absolute atomic E-state index is 10.1. The molecule has 0 saturated carbocycles. The summed E-state index contributed by atoms with van der Waals surface area (Å²) in [6.07, 6.45) is 0. The first-order chi connectivity index (χ1) is 2.64. The minimum Gasteiger partial charge on any atom is -0.291 e. The van der Waals surface area contributed by atoms with Crippen LogP contribution in [0.5, 0.6) is 0 Å². The van der Waals surface area contributed by atoms with E-state index in [2.05, 4.69) is 8.86 Å². The van der Waals surface area contributed by atoms with Gasteiger partial charge in [0.25, 0.3) is 0 Å². The highest BCUT2D eigenvalue weighted by molar-refractivity contribution is 7.25. The highest BCUT2D eigenvalue weighted by atomic mass is 31.0. The van der Waals surface area contributed by atoms with E-state index in [1.54, 1.807) is 13.8 Å². The van der Waals surface area contributed by atoms with E-state index in [0.29, 0.717) is 0 Å². The Morgan fingerprint density at radius 3 is 1.67 bits per heavy atom. The number of hydrogen-bond donors (Lipinski definition) is 0. The smallest absolute Gasteiger partial charge is 0.196 e. The number of rotatable bonds is 1. The molecule has 0 aliphatic carbocycles. The lowest BCUT2D eigenvalue weighted by atomic mass is 10.4. The fourth-order valence-corrected chi connectivity index (χ4v) is 0. The van der Waals surface area contributed by atoms with E-state index in [1.165, 1.54) is 0 Å². The third-order valence-electron chi connectivity index (χ3n) is 0.555. The topological polar surface area (TPSA) is 17.1 Å². The van der Waals surface area contributed by atoms with Crippen LogP contribution in [-0.2, 0) is 4.79 Å². The molecule has 0 rings (SSSR count). The van der Waals surface area contributed by atoms with Gasteiger partial charge in [-0.3, -0.25) is 4.79 Å². The summed E-state index contributed by atoms with van der Waals surface area (Å²) in [5.41, 5.74) is 0. The van der Waals surface area contributed by atoms with Crippen LogP contribution >= 0.6 is 8.86 Å². The monoisotopic (exact) mass is 103 g/mol. The maximum Gasteiger partial charge on any atom is 0.196 e. The molecule has 0 spiro atoms. The van der Waals surface area contributed by atoms with Crippen molar-refractivity contribution in [3.8, 4) is 0 Å². The highest BCUT2D eigenvalue weighted by Crippen LogP contribution is 1.76. The second kappa shape index (κ2) is 2.09. The molecule has 0 bridgehead atoms. The summed E-state index contributed by atoms with van der Waals surface area (Å²) >= 11 is 0. The van der Waals surface area contributed by atoms with E-state index < -0.39 is 0 Å². The lowest BCUT2D eigenvalue weighted by Crippen LogP contribution is -1.98. The number of Topliss-reactive ketones (excluding diaryl/α,β-unsaturated/α-hetero) is 1. The lowest BCUT2D eigenvalue weighted by Gasteiger charge is -1.72. The first-order valence-electron chi connectivity index (χ1n) is 1.74. The van der Waals surface area contributed by atoms with Crippen molar-refractivity contribution >= 4 is 19.9 Å². The molecule has 1 unspecified atom stereocenters. The van der Waals surface area contributed by atoms with Crippen molar-refractivity contribution in [2.75, 3.05) is 0 Å². The number of carbonyl (C=O) groups excluding carboxylic acids is 1. The van der Waals surface area contributed by atoms with Gasteiger partial charge in [-0.1, -0.05) is 0 Å². The van der Waals surface area contributed by atoms with Crippen LogP contribution in [0.3, 0.4) is 0 Å². The molecule has 0 aliphatic heterocycles. The SMILES string of the molecule is CC(=O)C(C)=[PH2+]. The normalized spacial score (nSPS) is 7.67. The molecule has 1 atom stereocenters. The van der Waals surface area contributed by atoms with Gasteiger partial charge in [-0.25, -0.2) is 0 Å². The van der Waals surface area contributed by atoms with Gasteiger partial charge >= 0.3 is 0 Å². The number of hydrogen-bond acceptors (Lipinski definition) is 1. The summed E-state index contributed by atoms with van der Waals surface area (Å²) in [4.78, 5) is 10.1. The molecule has 0 aromatic heterocycles. The Labute approximate surface area is 39.6 Å². The summed E-state index contributed by atoms with van der Waals surface area (Å²) in [6, 6.07) is 0. The molecule has 6 heavy (non-hydrogen) atoms. The minimum absolute atomic E-state index is 0.139. The largest absolute Gasteiger partial charge is 0.291 e. The molecule has 0 heterocycles. The third kappa shape index (κ3) is 2.10. The average molecular weight is 103 g/mol. The summed E-state index contributed by atoms with van der Waals surface area (Å²) < 4.78 is 0. The molecule has 0 fully saturated rings. The Balaban J connectivity index is 3.57. The molecular formula is C4H8OP+.